The number of thiophene rings is 1. The highest BCUT2D eigenvalue weighted by Gasteiger charge is 2.40. The third kappa shape index (κ3) is 3.66. The van der Waals surface area contributed by atoms with Gasteiger partial charge in [-0.15, -0.1) is 11.3 Å². The molecule has 4 nitrogen and oxygen atoms in total. The lowest BCUT2D eigenvalue weighted by molar-refractivity contribution is -0.135. The first-order chi connectivity index (χ1) is 9.99. The lowest BCUT2D eigenvalue weighted by atomic mass is 10.0. The maximum Gasteiger partial charge on any atom is 0.426 e. The molecule has 0 fully saturated rings. The van der Waals surface area contributed by atoms with Gasteiger partial charge in [-0.3, -0.25) is 0 Å². The van der Waals surface area contributed by atoms with Crippen LogP contribution in [-0.4, -0.2) is 36.3 Å². The number of fused-ring (bicyclic) bond motifs is 1. The minimum Gasteiger partial charge on any atom is -0.490 e. The summed E-state index contributed by atoms with van der Waals surface area (Å²) in [5, 5.41) is 1.36. The predicted molar refractivity (Wildman–Crippen MR) is 76.3 cm³/mol. The van der Waals surface area contributed by atoms with E-state index in [1.54, 1.807) is 20.8 Å². The van der Waals surface area contributed by atoms with Crippen LogP contribution in [-0.2, 0) is 17.3 Å². The second kappa shape index (κ2) is 5.64. The van der Waals surface area contributed by atoms with E-state index in [4.69, 9.17) is 9.47 Å². The van der Waals surface area contributed by atoms with Gasteiger partial charge in [0.15, 0.2) is 0 Å². The van der Waals surface area contributed by atoms with Gasteiger partial charge in [-0.2, -0.15) is 13.2 Å². The van der Waals surface area contributed by atoms with Crippen molar-refractivity contribution in [3.05, 3.63) is 15.8 Å². The molecule has 2 rings (SSSR count). The molecule has 1 unspecified atom stereocenters. The zero-order chi connectivity index (χ0) is 16.7. The van der Waals surface area contributed by atoms with Crippen molar-refractivity contribution in [1.29, 1.82) is 0 Å². The first-order valence-corrected chi connectivity index (χ1v) is 7.63. The molecule has 0 radical (unpaired) electrons. The maximum absolute atomic E-state index is 13.0. The number of amides is 1. The Labute approximate surface area is 130 Å². The maximum atomic E-state index is 13.0. The highest BCUT2D eigenvalue weighted by Crippen LogP contribution is 2.43. The summed E-state index contributed by atoms with van der Waals surface area (Å²) in [4.78, 5) is 12.7. The fourth-order valence-electron chi connectivity index (χ4n) is 2.13. The molecule has 1 aliphatic rings. The van der Waals surface area contributed by atoms with Gasteiger partial charge in [0.25, 0.3) is 0 Å². The molecule has 1 amide bonds. The van der Waals surface area contributed by atoms with Crippen molar-refractivity contribution in [2.45, 2.75) is 45.0 Å². The average molecular weight is 337 g/mol. The molecule has 22 heavy (non-hydrogen) atoms. The Morgan fingerprint density at radius 2 is 2.05 bits per heavy atom. The van der Waals surface area contributed by atoms with Crippen molar-refractivity contribution < 1.29 is 27.4 Å². The number of ether oxygens (including phenoxy) is 2. The molecule has 0 spiro atoms. The number of halogens is 3. The van der Waals surface area contributed by atoms with Crippen molar-refractivity contribution in [2.75, 3.05) is 13.7 Å². The first kappa shape index (κ1) is 16.9. The molecule has 0 aromatic carbocycles. The lowest BCUT2D eigenvalue weighted by Gasteiger charge is -2.33. The smallest absolute Gasteiger partial charge is 0.426 e. The number of carbonyl (C=O) groups excluding carboxylic acids is 1. The Balaban J connectivity index is 2.14. The second-order valence-electron chi connectivity index (χ2n) is 6.17. The van der Waals surface area contributed by atoms with Gasteiger partial charge in [-0.05, 0) is 20.8 Å². The minimum atomic E-state index is -4.41. The van der Waals surface area contributed by atoms with Crippen LogP contribution in [0.1, 0.15) is 31.2 Å². The number of rotatable bonds is 1. The SMILES string of the molecule is CN(C(=O)OC(C)(C)C)C1COc2csc(C(F)(F)F)c2C1. The van der Waals surface area contributed by atoms with Crippen LogP contribution in [0.4, 0.5) is 18.0 Å². The molecule has 0 aliphatic carbocycles. The Bertz CT molecular complexity index is 563. The van der Waals surface area contributed by atoms with Gasteiger partial charge < -0.3 is 14.4 Å². The highest BCUT2D eigenvalue weighted by atomic mass is 32.1. The van der Waals surface area contributed by atoms with Crippen molar-refractivity contribution in [3.63, 3.8) is 0 Å². The summed E-state index contributed by atoms with van der Waals surface area (Å²) in [5.41, 5.74) is -0.546. The molecule has 8 heteroatoms. The Morgan fingerprint density at radius 1 is 1.41 bits per heavy atom. The summed E-state index contributed by atoms with van der Waals surface area (Å²) in [6.07, 6.45) is -4.88. The van der Waals surface area contributed by atoms with Crippen LogP contribution in [0.25, 0.3) is 0 Å². The van der Waals surface area contributed by atoms with E-state index in [-0.39, 0.29) is 24.3 Å². The van der Waals surface area contributed by atoms with Gasteiger partial charge in [0.2, 0.25) is 0 Å². The molecule has 0 saturated carbocycles. The predicted octanol–water partition coefficient (Wildman–Crippen LogP) is 3.94. The highest BCUT2D eigenvalue weighted by molar-refractivity contribution is 7.10. The van der Waals surface area contributed by atoms with Gasteiger partial charge in [0, 0.05) is 24.4 Å². The van der Waals surface area contributed by atoms with E-state index in [0.29, 0.717) is 11.3 Å². The Hall–Kier alpha value is -1.44. The average Bonchev–Trinajstić information content (AvgIpc) is 2.78. The normalized spacial score (nSPS) is 18.4. The number of carbonyl (C=O) groups is 1. The monoisotopic (exact) mass is 337 g/mol. The van der Waals surface area contributed by atoms with Crippen molar-refractivity contribution in [2.24, 2.45) is 0 Å². The third-order valence-electron chi connectivity index (χ3n) is 3.21. The molecule has 124 valence electrons. The molecule has 0 bridgehead atoms. The van der Waals surface area contributed by atoms with Crippen molar-refractivity contribution in [1.82, 2.24) is 4.90 Å². The Morgan fingerprint density at radius 3 is 2.59 bits per heavy atom. The standard InChI is InChI=1S/C14H18F3NO3S/c1-13(2,3)21-12(19)18(4)8-5-9-10(20-6-8)7-22-11(9)14(15,16)17/h7-8H,5-6H2,1-4H3. The molecule has 0 saturated heterocycles. The van der Waals surface area contributed by atoms with Crippen LogP contribution in [0, 0.1) is 0 Å². The van der Waals surface area contributed by atoms with Crippen molar-refractivity contribution in [3.8, 4) is 5.75 Å². The molecule has 1 aliphatic heterocycles. The fourth-order valence-corrected chi connectivity index (χ4v) is 3.03. The fraction of sp³-hybridized carbons (Fsp3) is 0.643. The van der Waals surface area contributed by atoms with Crippen LogP contribution in [0.15, 0.2) is 5.38 Å². The van der Waals surface area contributed by atoms with Crippen LogP contribution in [0.3, 0.4) is 0 Å². The largest absolute Gasteiger partial charge is 0.490 e. The number of hydrogen-bond donors (Lipinski definition) is 0. The van der Waals surface area contributed by atoms with E-state index in [1.165, 1.54) is 17.3 Å². The van der Waals surface area contributed by atoms with Crippen LogP contribution < -0.4 is 4.74 Å². The summed E-state index contributed by atoms with van der Waals surface area (Å²) in [5.74, 6) is 0.256. The van der Waals surface area contributed by atoms with E-state index in [0.717, 1.165) is 0 Å². The van der Waals surface area contributed by atoms with Gasteiger partial charge in [0.1, 0.15) is 22.8 Å². The summed E-state index contributed by atoms with van der Waals surface area (Å²) < 4.78 is 49.5. The van der Waals surface area contributed by atoms with E-state index < -0.39 is 28.8 Å². The van der Waals surface area contributed by atoms with E-state index >= 15 is 0 Å². The van der Waals surface area contributed by atoms with Crippen LogP contribution in [0.2, 0.25) is 0 Å². The third-order valence-corrected chi connectivity index (χ3v) is 4.26. The second-order valence-corrected chi connectivity index (χ2v) is 7.05. The summed E-state index contributed by atoms with van der Waals surface area (Å²) >= 11 is 0.620. The minimum absolute atomic E-state index is 0.101. The number of hydrogen-bond acceptors (Lipinski definition) is 4. The molecular formula is C14H18F3NO3S. The summed E-state index contributed by atoms with van der Waals surface area (Å²) in [7, 11) is 1.51. The van der Waals surface area contributed by atoms with E-state index in [2.05, 4.69) is 0 Å². The van der Waals surface area contributed by atoms with Gasteiger partial charge in [-0.1, -0.05) is 0 Å². The van der Waals surface area contributed by atoms with Gasteiger partial charge in [-0.25, -0.2) is 4.79 Å². The van der Waals surface area contributed by atoms with Gasteiger partial charge in [0.05, 0.1) is 6.04 Å². The van der Waals surface area contributed by atoms with E-state index in [1.807, 2.05) is 0 Å². The number of nitrogens with zero attached hydrogens (tertiary/aromatic N) is 1. The molecule has 1 atom stereocenters. The topological polar surface area (TPSA) is 38.8 Å². The van der Waals surface area contributed by atoms with Gasteiger partial charge >= 0.3 is 12.3 Å². The zero-order valence-electron chi connectivity index (χ0n) is 12.8. The lowest BCUT2D eigenvalue weighted by Crippen LogP contribution is -2.46. The first-order valence-electron chi connectivity index (χ1n) is 6.75. The molecular weight excluding hydrogens is 319 g/mol. The number of alkyl halides is 3. The number of likely N-dealkylation sites (N-methyl/N-ethyl adjacent to an activating group) is 1. The molecule has 0 N–H and O–H groups in total. The van der Waals surface area contributed by atoms with Crippen LogP contribution in [0.5, 0.6) is 5.75 Å². The summed E-state index contributed by atoms with van der Waals surface area (Å²) in [6, 6.07) is -0.488. The molecule has 1 aromatic heterocycles. The Kier molecular flexibility index (Phi) is 4.34. The zero-order valence-corrected chi connectivity index (χ0v) is 13.6. The van der Waals surface area contributed by atoms with Crippen LogP contribution >= 0.6 is 11.3 Å². The van der Waals surface area contributed by atoms with E-state index in [9.17, 15) is 18.0 Å². The molecule has 2 heterocycles. The van der Waals surface area contributed by atoms with Crippen molar-refractivity contribution >= 4 is 17.4 Å². The molecule has 1 aromatic rings. The summed E-state index contributed by atoms with van der Waals surface area (Å²) in [6.45, 7) is 5.34. The quantitative estimate of drug-likeness (QED) is 0.779.